The number of benzene rings is 1. The molecule has 0 saturated heterocycles. The van der Waals surface area contributed by atoms with E-state index >= 15 is 0 Å². The van der Waals surface area contributed by atoms with E-state index in [1.54, 1.807) is 0 Å². The number of methoxy groups -OCH3 is 1. The van der Waals surface area contributed by atoms with Crippen LogP contribution in [0.4, 0.5) is 58.4 Å². The van der Waals surface area contributed by atoms with E-state index in [0.717, 1.165) is 11.8 Å². The summed E-state index contributed by atoms with van der Waals surface area (Å²) in [5.41, 5.74) is -8.50. The zero-order chi connectivity index (χ0) is 37.5. The van der Waals surface area contributed by atoms with Gasteiger partial charge in [0.2, 0.25) is 5.91 Å². The van der Waals surface area contributed by atoms with Gasteiger partial charge in [0.15, 0.2) is 6.29 Å². The first kappa shape index (κ1) is 42.2. The number of hydrogen-bond donors (Lipinski definition) is 3. The zero-order valence-corrected chi connectivity index (χ0v) is 25.6. The average Bonchev–Trinajstić information content (AvgIpc) is 2.83. The van der Waals surface area contributed by atoms with Gasteiger partial charge in [-0.2, -0.15) is 61.1 Å². The predicted octanol–water partition coefficient (Wildman–Crippen LogP) is 2.54. The molecular weight excluding hydrogens is 778 g/mol. The molecule has 30 heteroatoms. The van der Waals surface area contributed by atoms with E-state index in [9.17, 15) is 91.2 Å². The van der Waals surface area contributed by atoms with Gasteiger partial charge < -0.3 is 9.47 Å². The first-order valence-electron chi connectivity index (χ1n) is 11.1. The van der Waals surface area contributed by atoms with Crippen molar-refractivity contribution in [3.05, 3.63) is 18.2 Å². The predicted molar refractivity (Wildman–Crippen MR) is 129 cm³/mol. The fraction of sp³-hybridized carbons (Fsp3) is 0.588. The van der Waals surface area contributed by atoms with Crippen LogP contribution in [0.3, 0.4) is 0 Å². The number of ether oxygens (including phenoxy) is 2. The van der Waals surface area contributed by atoms with Crippen molar-refractivity contribution >= 4 is 51.7 Å². The Labute approximate surface area is 256 Å². The van der Waals surface area contributed by atoms with Gasteiger partial charge in [0, 0.05) is 25.7 Å². The SMILES string of the molecule is CCC(OC)Oc1cc(NS(=O)(=O)C(F)(F)C(F)(F)C(F)(F)S(=O)(=O)NS(=O)(=O)C(F)(F)F)cc(S(=O)(=O)NC(=O)CC(F)(F)F)c1. The molecule has 1 aromatic rings. The van der Waals surface area contributed by atoms with Crippen molar-refractivity contribution < 1.29 is 101 Å². The second-order valence-electron chi connectivity index (χ2n) is 8.45. The Morgan fingerprint density at radius 1 is 0.766 bits per heavy atom. The number of rotatable bonds is 15. The van der Waals surface area contributed by atoms with Crippen LogP contribution in [0.1, 0.15) is 19.8 Å². The van der Waals surface area contributed by atoms with Crippen LogP contribution in [0.2, 0.25) is 0 Å². The van der Waals surface area contributed by atoms with Crippen LogP contribution >= 0.6 is 0 Å². The van der Waals surface area contributed by atoms with Gasteiger partial charge in [0.1, 0.15) is 12.2 Å². The maximum atomic E-state index is 14.6. The largest absolute Gasteiger partial charge is 0.512 e. The molecule has 1 aromatic carbocycles. The van der Waals surface area contributed by atoms with Crippen LogP contribution < -0.4 is 18.3 Å². The lowest BCUT2D eigenvalue weighted by Gasteiger charge is -2.31. The summed E-state index contributed by atoms with van der Waals surface area (Å²) in [4.78, 5) is 9.95. The van der Waals surface area contributed by atoms with Crippen molar-refractivity contribution in [2.45, 2.75) is 59.1 Å². The van der Waals surface area contributed by atoms with Gasteiger partial charge >= 0.3 is 48.2 Å². The molecule has 0 aromatic heterocycles. The van der Waals surface area contributed by atoms with Gasteiger partial charge in [-0.1, -0.05) is 11.1 Å². The minimum atomic E-state index is -8.10. The van der Waals surface area contributed by atoms with Crippen LogP contribution in [0.5, 0.6) is 5.75 Å². The van der Waals surface area contributed by atoms with E-state index in [-0.39, 0.29) is 24.6 Å². The summed E-state index contributed by atoms with van der Waals surface area (Å²) in [7, 11) is -27.8. The molecular formula is C17H17F12N3O11S4. The summed E-state index contributed by atoms with van der Waals surface area (Å²) in [5.74, 6) is -11.1. The number of carbonyl (C=O) groups excluding carboxylic acids is 1. The average molecular weight is 796 g/mol. The van der Waals surface area contributed by atoms with Crippen molar-refractivity contribution in [3.63, 3.8) is 0 Å². The number of hydrogen-bond acceptors (Lipinski definition) is 11. The third kappa shape index (κ3) is 9.20. The number of halogens is 12. The van der Waals surface area contributed by atoms with Crippen molar-refractivity contribution in [1.82, 2.24) is 8.85 Å². The van der Waals surface area contributed by atoms with E-state index in [4.69, 9.17) is 9.47 Å². The molecule has 1 rings (SSSR count). The second kappa shape index (κ2) is 13.2. The van der Waals surface area contributed by atoms with E-state index in [1.807, 2.05) is 0 Å². The summed E-state index contributed by atoms with van der Waals surface area (Å²) in [6.45, 7) is 1.32. The molecule has 3 N–H and O–H groups in total. The lowest BCUT2D eigenvalue weighted by Crippen LogP contribution is -2.64. The number of amides is 1. The van der Waals surface area contributed by atoms with Crippen LogP contribution in [0.15, 0.2) is 23.1 Å². The molecule has 0 aliphatic heterocycles. The van der Waals surface area contributed by atoms with Gasteiger partial charge in [0.05, 0.1) is 10.6 Å². The molecule has 0 heterocycles. The third-order valence-electron chi connectivity index (χ3n) is 4.85. The fourth-order valence-corrected chi connectivity index (χ4v) is 7.25. The number of sulfonamides is 4. The Morgan fingerprint density at radius 3 is 1.68 bits per heavy atom. The Balaban J connectivity index is 3.76. The van der Waals surface area contributed by atoms with Gasteiger partial charge in [-0.25, -0.2) is 30.0 Å². The van der Waals surface area contributed by atoms with Crippen LogP contribution in [0.25, 0.3) is 0 Å². The van der Waals surface area contributed by atoms with Crippen molar-refractivity contribution in [2.75, 3.05) is 11.8 Å². The third-order valence-corrected chi connectivity index (χ3v) is 10.9. The van der Waals surface area contributed by atoms with E-state index < -0.39 is 107 Å². The van der Waals surface area contributed by atoms with Crippen molar-refractivity contribution in [2.24, 2.45) is 0 Å². The van der Waals surface area contributed by atoms with Gasteiger partial charge in [-0.05, 0) is 6.07 Å². The maximum Gasteiger partial charge on any atom is 0.512 e. The molecule has 274 valence electrons. The molecule has 47 heavy (non-hydrogen) atoms. The molecule has 1 unspecified atom stereocenters. The summed E-state index contributed by atoms with van der Waals surface area (Å²) in [6, 6.07) is 0.251. The highest BCUT2D eigenvalue weighted by Crippen LogP contribution is 2.51. The Morgan fingerprint density at radius 2 is 1.26 bits per heavy atom. The Hall–Kier alpha value is -2.83. The molecule has 0 bridgehead atoms. The molecule has 1 amide bonds. The first-order valence-corrected chi connectivity index (χ1v) is 17.0. The van der Waals surface area contributed by atoms with E-state index in [2.05, 4.69) is 0 Å². The van der Waals surface area contributed by atoms with Crippen LogP contribution in [-0.4, -0.2) is 81.1 Å². The highest BCUT2D eigenvalue weighted by Gasteiger charge is 2.82. The molecule has 0 spiro atoms. The normalized spacial score (nSPS) is 15.2. The highest BCUT2D eigenvalue weighted by molar-refractivity contribution is 8.05. The smallest absolute Gasteiger partial charge is 0.465 e. The van der Waals surface area contributed by atoms with Crippen LogP contribution in [0, 0.1) is 0 Å². The molecule has 1 atom stereocenters. The fourth-order valence-electron chi connectivity index (χ4n) is 2.70. The monoisotopic (exact) mass is 795 g/mol. The molecule has 0 fully saturated rings. The lowest BCUT2D eigenvalue weighted by molar-refractivity contribution is -0.243. The number of alkyl halides is 12. The van der Waals surface area contributed by atoms with Gasteiger partial charge in [0.25, 0.3) is 20.0 Å². The quantitative estimate of drug-likeness (QED) is 0.174. The molecule has 0 aliphatic rings. The molecule has 0 radical (unpaired) electrons. The standard InChI is InChI=1S/C17H17F12N3O11S4/c1-3-12(42-2)43-9-4-8(5-10(6-9)44(34,35)31-11(33)7-13(18,19)20)30-45(36,37)15(23,24)14(21,22)16(25,26)46(38,39)32-47(40,41)17(27,28)29/h4-6,12,30,32H,3,7H2,1-2H3,(H,31,33). The number of anilines is 1. The number of nitrogens with one attached hydrogen (secondary N) is 3. The van der Waals surface area contributed by atoms with Crippen LogP contribution in [-0.2, 0) is 49.6 Å². The van der Waals surface area contributed by atoms with Gasteiger partial charge in [-0.15, -0.1) is 0 Å². The minimum Gasteiger partial charge on any atom is -0.465 e. The van der Waals surface area contributed by atoms with Gasteiger partial charge in [-0.3, -0.25) is 9.52 Å². The topological polar surface area (TPSA) is 208 Å². The summed E-state index contributed by atoms with van der Waals surface area (Å²) >= 11 is 0. The lowest BCUT2D eigenvalue weighted by atomic mass is 10.3. The van der Waals surface area contributed by atoms with Crippen molar-refractivity contribution in [1.29, 1.82) is 0 Å². The maximum absolute atomic E-state index is 14.6. The van der Waals surface area contributed by atoms with E-state index in [0.29, 0.717) is 4.72 Å². The Bertz CT molecular complexity index is 1780. The minimum absolute atomic E-state index is 0.149. The summed E-state index contributed by atoms with van der Waals surface area (Å²) < 4.78 is 265. The molecule has 0 saturated carbocycles. The highest BCUT2D eigenvalue weighted by atomic mass is 32.3. The summed E-state index contributed by atoms with van der Waals surface area (Å²) in [5, 5.41) is -15.1. The Kier molecular flexibility index (Phi) is 11.9. The van der Waals surface area contributed by atoms with Crippen molar-refractivity contribution in [3.8, 4) is 5.75 Å². The molecule has 14 nitrogen and oxygen atoms in total. The van der Waals surface area contributed by atoms with E-state index in [1.165, 1.54) is 6.92 Å². The second-order valence-corrected chi connectivity index (χ2v) is 15.5. The summed E-state index contributed by atoms with van der Waals surface area (Å²) in [6.07, 6.45) is -9.30. The molecule has 0 aliphatic carbocycles. The first-order chi connectivity index (χ1) is 20.6. The number of carbonyl (C=O) groups is 1. The zero-order valence-electron chi connectivity index (χ0n) is 22.4.